The largest absolute Gasteiger partial charge is 0.322 e. The lowest BCUT2D eigenvalue weighted by Gasteiger charge is -2.16. The Morgan fingerprint density at radius 3 is 2.46 bits per heavy atom. The number of benzene rings is 2. The van der Waals surface area contributed by atoms with Crippen molar-refractivity contribution in [1.82, 2.24) is 0 Å². The van der Waals surface area contributed by atoms with Crippen LogP contribution in [0.1, 0.15) is 22.3 Å². The van der Waals surface area contributed by atoms with Crippen LogP contribution in [-0.4, -0.2) is 26.0 Å². The van der Waals surface area contributed by atoms with Gasteiger partial charge in [0.25, 0.3) is 5.91 Å². The molecule has 1 heterocycles. The summed E-state index contributed by atoms with van der Waals surface area (Å²) < 4.78 is 24.7. The standard InChI is InChI=1S/C17H14Cl2N2O4S/c1-10-8-11(18)2-5-15(10)20-17(23)13-4-3-12(9-14(13)19)21-16(22)6-7-26(21,24)25/h2-5,8-9H,6-7H2,1H3,(H,20,23). The molecule has 0 atom stereocenters. The van der Waals surface area contributed by atoms with E-state index in [9.17, 15) is 18.0 Å². The average molecular weight is 413 g/mol. The first kappa shape index (κ1) is 18.7. The van der Waals surface area contributed by atoms with Crippen LogP contribution in [0.4, 0.5) is 11.4 Å². The summed E-state index contributed by atoms with van der Waals surface area (Å²) in [7, 11) is -3.69. The summed E-state index contributed by atoms with van der Waals surface area (Å²) in [5.41, 5.74) is 1.65. The van der Waals surface area contributed by atoms with Gasteiger partial charge in [-0.15, -0.1) is 0 Å². The Labute approximate surface area is 160 Å². The third-order valence-electron chi connectivity index (χ3n) is 3.95. The zero-order chi connectivity index (χ0) is 19.1. The van der Waals surface area contributed by atoms with Gasteiger partial charge in [-0.1, -0.05) is 23.2 Å². The normalized spacial score (nSPS) is 16.0. The highest BCUT2D eigenvalue weighted by molar-refractivity contribution is 7.94. The third-order valence-corrected chi connectivity index (χ3v) is 6.19. The summed E-state index contributed by atoms with van der Waals surface area (Å²) in [5, 5.41) is 3.33. The summed E-state index contributed by atoms with van der Waals surface area (Å²) in [4.78, 5) is 24.3. The lowest BCUT2D eigenvalue weighted by atomic mass is 10.1. The fraction of sp³-hybridized carbons (Fsp3) is 0.176. The van der Waals surface area contributed by atoms with Crippen molar-refractivity contribution < 1.29 is 18.0 Å². The minimum absolute atomic E-state index is 0.0431. The number of carbonyl (C=O) groups excluding carboxylic acids is 2. The van der Waals surface area contributed by atoms with Crippen LogP contribution in [0.25, 0.3) is 0 Å². The molecule has 1 aliphatic rings. The molecule has 2 amide bonds. The number of sulfonamides is 1. The number of rotatable bonds is 3. The van der Waals surface area contributed by atoms with Gasteiger partial charge in [-0.2, -0.15) is 0 Å². The van der Waals surface area contributed by atoms with Crippen molar-refractivity contribution in [2.24, 2.45) is 0 Å². The summed E-state index contributed by atoms with van der Waals surface area (Å²) in [6.07, 6.45) is -0.0714. The van der Waals surface area contributed by atoms with Gasteiger partial charge in [0, 0.05) is 17.1 Å². The topological polar surface area (TPSA) is 83.6 Å². The average Bonchev–Trinajstić information content (AvgIpc) is 2.83. The van der Waals surface area contributed by atoms with Gasteiger partial charge in [-0.3, -0.25) is 9.59 Å². The third kappa shape index (κ3) is 3.56. The highest BCUT2D eigenvalue weighted by Gasteiger charge is 2.36. The first-order valence-electron chi connectivity index (χ1n) is 7.62. The molecule has 0 saturated carbocycles. The van der Waals surface area contributed by atoms with E-state index < -0.39 is 21.8 Å². The van der Waals surface area contributed by atoms with Crippen LogP contribution in [0.5, 0.6) is 0 Å². The van der Waals surface area contributed by atoms with E-state index in [1.807, 2.05) is 0 Å². The molecule has 2 aromatic carbocycles. The molecule has 9 heteroatoms. The molecule has 0 aliphatic carbocycles. The Morgan fingerprint density at radius 2 is 1.88 bits per heavy atom. The molecule has 0 spiro atoms. The number of nitrogens with zero attached hydrogens (tertiary/aromatic N) is 1. The van der Waals surface area contributed by atoms with Crippen molar-refractivity contribution >= 4 is 56.4 Å². The van der Waals surface area contributed by atoms with Crippen LogP contribution in [0.3, 0.4) is 0 Å². The van der Waals surface area contributed by atoms with E-state index in [1.54, 1.807) is 25.1 Å². The molecule has 1 aliphatic heterocycles. The quantitative estimate of drug-likeness (QED) is 0.833. The monoisotopic (exact) mass is 412 g/mol. The maximum absolute atomic E-state index is 12.5. The van der Waals surface area contributed by atoms with Gasteiger partial charge in [0.1, 0.15) is 0 Å². The van der Waals surface area contributed by atoms with Gasteiger partial charge in [-0.25, -0.2) is 12.7 Å². The molecule has 6 nitrogen and oxygen atoms in total. The van der Waals surface area contributed by atoms with Gasteiger partial charge in [0.05, 0.1) is 22.0 Å². The molecule has 2 aromatic rings. The van der Waals surface area contributed by atoms with E-state index in [4.69, 9.17) is 23.2 Å². The lowest BCUT2D eigenvalue weighted by molar-refractivity contribution is -0.116. The van der Waals surface area contributed by atoms with Gasteiger partial charge in [0.2, 0.25) is 15.9 Å². The van der Waals surface area contributed by atoms with E-state index in [0.717, 1.165) is 9.87 Å². The number of hydrogen-bond acceptors (Lipinski definition) is 4. The molecular formula is C17H14Cl2N2O4S. The number of halogens is 2. The van der Waals surface area contributed by atoms with Crippen molar-refractivity contribution in [3.8, 4) is 0 Å². The number of hydrogen-bond donors (Lipinski definition) is 1. The Hall–Kier alpha value is -2.09. The second kappa shape index (κ2) is 6.90. The Balaban J connectivity index is 1.88. The van der Waals surface area contributed by atoms with Crippen LogP contribution >= 0.6 is 23.2 Å². The predicted molar refractivity (Wildman–Crippen MR) is 101 cm³/mol. The predicted octanol–water partition coefficient (Wildman–Crippen LogP) is 3.62. The summed E-state index contributed by atoms with van der Waals surface area (Å²) >= 11 is 12.1. The SMILES string of the molecule is Cc1cc(Cl)ccc1NC(=O)c1ccc(N2C(=O)CCS2(=O)=O)cc1Cl. The molecule has 0 unspecified atom stereocenters. The van der Waals surface area contributed by atoms with Crippen molar-refractivity contribution in [3.63, 3.8) is 0 Å². The first-order chi connectivity index (χ1) is 12.2. The molecular weight excluding hydrogens is 399 g/mol. The van der Waals surface area contributed by atoms with Gasteiger partial charge < -0.3 is 5.32 Å². The highest BCUT2D eigenvalue weighted by Crippen LogP contribution is 2.30. The van der Waals surface area contributed by atoms with E-state index in [1.165, 1.54) is 18.2 Å². The van der Waals surface area contributed by atoms with E-state index in [0.29, 0.717) is 10.7 Å². The minimum Gasteiger partial charge on any atom is -0.322 e. The van der Waals surface area contributed by atoms with Crippen LogP contribution in [0, 0.1) is 6.92 Å². The first-order valence-corrected chi connectivity index (χ1v) is 9.98. The van der Waals surface area contributed by atoms with Crippen molar-refractivity contribution in [2.45, 2.75) is 13.3 Å². The molecule has 1 saturated heterocycles. The number of amides is 2. The molecule has 1 N–H and O–H groups in total. The zero-order valence-corrected chi connectivity index (χ0v) is 16.0. The molecule has 136 valence electrons. The van der Waals surface area contributed by atoms with Gasteiger partial charge in [0.15, 0.2) is 0 Å². The zero-order valence-electron chi connectivity index (χ0n) is 13.6. The van der Waals surface area contributed by atoms with Crippen molar-refractivity contribution in [2.75, 3.05) is 15.4 Å². The number of aryl methyl sites for hydroxylation is 1. The molecule has 0 aromatic heterocycles. The number of nitrogens with one attached hydrogen (secondary N) is 1. The number of carbonyl (C=O) groups is 2. The van der Waals surface area contributed by atoms with Crippen molar-refractivity contribution in [3.05, 3.63) is 57.6 Å². The molecule has 3 rings (SSSR count). The maximum Gasteiger partial charge on any atom is 0.257 e. The Morgan fingerprint density at radius 1 is 1.15 bits per heavy atom. The molecule has 0 radical (unpaired) electrons. The van der Waals surface area contributed by atoms with Crippen molar-refractivity contribution in [1.29, 1.82) is 0 Å². The smallest absolute Gasteiger partial charge is 0.257 e. The van der Waals surface area contributed by atoms with Crippen LogP contribution in [0.2, 0.25) is 10.0 Å². The van der Waals surface area contributed by atoms with E-state index in [2.05, 4.69) is 5.32 Å². The van der Waals surface area contributed by atoms with Crippen LogP contribution in [0.15, 0.2) is 36.4 Å². The minimum atomic E-state index is -3.69. The molecule has 26 heavy (non-hydrogen) atoms. The number of anilines is 2. The summed E-state index contributed by atoms with van der Waals surface area (Å²) in [5.74, 6) is -1.21. The highest BCUT2D eigenvalue weighted by atomic mass is 35.5. The fourth-order valence-corrected chi connectivity index (χ4v) is 4.58. The summed E-state index contributed by atoms with van der Waals surface area (Å²) in [6.45, 7) is 1.80. The fourth-order valence-electron chi connectivity index (χ4n) is 2.64. The lowest BCUT2D eigenvalue weighted by Crippen LogP contribution is -2.29. The van der Waals surface area contributed by atoms with E-state index >= 15 is 0 Å². The van der Waals surface area contributed by atoms with E-state index in [-0.39, 0.29) is 28.4 Å². The van der Waals surface area contributed by atoms with Crippen LogP contribution < -0.4 is 9.62 Å². The Kier molecular flexibility index (Phi) is 4.96. The molecule has 1 fully saturated rings. The second-order valence-electron chi connectivity index (χ2n) is 5.80. The second-order valence-corrected chi connectivity index (χ2v) is 8.58. The maximum atomic E-state index is 12.5. The van der Waals surface area contributed by atoms with Crippen LogP contribution in [-0.2, 0) is 14.8 Å². The Bertz CT molecular complexity index is 1020. The van der Waals surface area contributed by atoms with Gasteiger partial charge in [-0.05, 0) is 48.9 Å². The molecule has 0 bridgehead atoms. The van der Waals surface area contributed by atoms with Gasteiger partial charge >= 0.3 is 0 Å². The summed E-state index contributed by atoms with van der Waals surface area (Å²) in [6, 6.07) is 9.11.